The fraction of sp³-hybridized carbons (Fsp3) is 0.545. The number of carbonyl (C=O) groups excluding carboxylic acids is 1. The van der Waals surface area contributed by atoms with Crippen LogP contribution in [0, 0.1) is 0 Å². The molecule has 2 saturated heterocycles. The highest BCUT2D eigenvalue weighted by Crippen LogP contribution is 2.38. The lowest BCUT2D eigenvalue weighted by atomic mass is 10.1. The molecule has 10 nitrogen and oxygen atoms in total. The van der Waals surface area contributed by atoms with Crippen LogP contribution >= 0.6 is 0 Å². The van der Waals surface area contributed by atoms with E-state index in [0.717, 1.165) is 12.3 Å². The molecule has 1 amide bonds. The van der Waals surface area contributed by atoms with Crippen molar-refractivity contribution in [3.05, 3.63) is 23.9 Å². The normalized spacial score (nSPS) is 18.7. The van der Waals surface area contributed by atoms with E-state index in [1.165, 1.54) is 11.0 Å². The zero-order valence-electron chi connectivity index (χ0n) is 19.4. The molecule has 2 N–H and O–H groups in total. The smallest absolute Gasteiger partial charge is 0.417 e. The molecule has 1 atom stereocenters. The molecule has 2 aliphatic rings. The Balaban J connectivity index is 1.65. The number of halogens is 3. The molecular weight excluding hydrogens is 469 g/mol. The number of hydrogen-bond donors (Lipinski definition) is 1. The summed E-state index contributed by atoms with van der Waals surface area (Å²) < 4.78 is 57.9. The topological polar surface area (TPSA) is 116 Å². The van der Waals surface area contributed by atoms with Crippen molar-refractivity contribution in [1.29, 1.82) is 0 Å². The molecule has 2 fully saturated rings. The number of amides is 1. The van der Waals surface area contributed by atoms with Gasteiger partial charge < -0.3 is 29.7 Å². The molecule has 0 aromatic carbocycles. The molecule has 0 bridgehead atoms. The maximum absolute atomic E-state index is 13.8. The molecule has 13 heteroatoms. The van der Waals surface area contributed by atoms with Gasteiger partial charge in [0.05, 0.1) is 37.1 Å². The van der Waals surface area contributed by atoms with Crippen LogP contribution in [0.2, 0.25) is 0 Å². The summed E-state index contributed by atoms with van der Waals surface area (Å²) in [5.41, 5.74) is 4.34. The first-order valence-electron chi connectivity index (χ1n) is 11.3. The fourth-order valence-corrected chi connectivity index (χ4v) is 3.86. The fourth-order valence-electron chi connectivity index (χ4n) is 3.86. The summed E-state index contributed by atoms with van der Waals surface area (Å²) in [7, 11) is 0. The van der Waals surface area contributed by atoms with Gasteiger partial charge in [-0.3, -0.25) is 0 Å². The van der Waals surface area contributed by atoms with Crippen LogP contribution in [0.25, 0.3) is 11.3 Å². The Morgan fingerprint density at radius 1 is 1.20 bits per heavy atom. The zero-order valence-corrected chi connectivity index (χ0v) is 19.4. The van der Waals surface area contributed by atoms with E-state index >= 15 is 0 Å². The van der Waals surface area contributed by atoms with Gasteiger partial charge in [-0.1, -0.05) is 0 Å². The Kier molecular flexibility index (Phi) is 7.15. The van der Waals surface area contributed by atoms with Crippen molar-refractivity contribution in [2.24, 2.45) is 0 Å². The molecule has 0 radical (unpaired) electrons. The van der Waals surface area contributed by atoms with Gasteiger partial charge in [-0.05, 0) is 19.9 Å². The zero-order chi connectivity index (χ0) is 25.2. The minimum Gasteiger partial charge on any atom is -0.472 e. The van der Waals surface area contributed by atoms with E-state index < -0.39 is 23.9 Å². The lowest BCUT2D eigenvalue weighted by molar-refractivity contribution is -0.137. The molecule has 4 rings (SSSR count). The molecule has 2 aromatic rings. The first-order chi connectivity index (χ1) is 16.6. The summed E-state index contributed by atoms with van der Waals surface area (Å²) in [4.78, 5) is 28.2. The predicted molar refractivity (Wildman–Crippen MR) is 120 cm³/mol. The first kappa shape index (κ1) is 24.8. The average molecular weight is 496 g/mol. The summed E-state index contributed by atoms with van der Waals surface area (Å²) in [5, 5.41) is 0. The van der Waals surface area contributed by atoms with E-state index in [9.17, 15) is 18.0 Å². The highest BCUT2D eigenvalue weighted by Gasteiger charge is 2.35. The van der Waals surface area contributed by atoms with Gasteiger partial charge in [0.1, 0.15) is 11.9 Å². The monoisotopic (exact) mass is 496 g/mol. The molecule has 4 heterocycles. The number of likely N-dealkylation sites (tertiary alicyclic amines) is 1. The molecule has 35 heavy (non-hydrogen) atoms. The Morgan fingerprint density at radius 3 is 2.63 bits per heavy atom. The Hall–Kier alpha value is -3.35. The van der Waals surface area contributed by atoms with Crippen molar-refractivity contribution in [3.8, 4) is 17.1 Å². The van der Waals surface area contributed by atoms with Gasteiger partial charge in [-0.25, -0.2) is 14.8 Å². The SMILES string of the molecule is CC(C)OC(=O)N1CC[C@H](Oc2cc(-c3cnc(N)cc3C(F)(F)F)nc(N3CCOCC3)n2)C1. The standard InChI is InChI=1S/C22H27F3N6O4/c1-13(2)34-21(32)31-4-3-14(12-31)35-19-10-17(28-20(29-19)30-5-7-33-8-6-30)15-11-27-18(26)9-16(15)22(23,24)25/h9-11,13-14H,3-8,12H2,1-2H3,(H2,26,27)/t14-/m0/s1. The van der Waals surface area contributed by atoms with Gasteiger partial charge in [-0.2, -0.15) is 18.2 Å². The molecule has 2 aliphatic heterocycles. The number of alkyl halides is 3. The Bertz CT molecular complexity index is 1060. The van der Waals surface area contributed by atoms with Crippen molar-refractivity contribution < 1.29 is 32.2 Å². The lowest BCUT2D eigenvalue weighted by Gasteiger charge is -2.27. The quantitative estimate of drug-likeness (QED) is 0.667. The van der Waals surface area contributed by atoms with Crippen molar-refractivity contribution in [3.63, 3.8) is 0 Å². The van der Waals surface area contributed by atoms with Crippen molar-refractivity contribution in [2.75, 3.05) is 50.0 Å². The van der Waals surface area contributed by atoms with Crippen LogP contribution in [0.5, 0.6) is 5.88 Å². The number of morpholine rings is 1. The third-order valence-corrected chi connectivity index (χ3v) is 5.52. The average Bonchev–Trinajstić information content (AvgIpc) is 3.27. The number of anilines is 2. The highest BCUT2D eigenvalue weighted by molar-refractivity contribution is 5.68. The van der Waals surface area contributed by atoms with E-state index in [1.54, 1.807) is 13.8 Å². The van der Waals surface area contributed by atoms with Crippen molar-refractivity contribution in [1.82, 2.24) is 19.9 Å². The Morgan fingerprint density at radius 2 is 1.94 bits per heavy atom. The number of aromatic nitrogens is 3. The van der Waals surface area contributed by atoms with Gasteiger partial charge in [0.15, 0.2) is 0 Å². The summed E-state index contributed by atoms with van der Waals surface area (Å²) in [6.45, 7) is 6.07. The van der Waals surface area contributed by atoms with Gasteiger partial charge in [0.25, 0.3) is 0 Å². The van der Waals surface area contributed by atoms with E-state index in [0.29, 0.717) is 39.3 Å². The van der Waals surface area contributed by atoms with Crippen molar-refractivity contribution >= 4 is 17.9 Å². The van der Waals surface area contributed by atoms with E-state index in [4.69, 9.17) is 19.9 Å². The summed E-state index contributed by atoms with van der Waals surface area (Å²) in [6, 6.07) is 2.13. The molecule has 0 saturated carbocycles. The summed E-state index contributed by atoms with van der Waals surface area (Å²) in [6.07, 6.45) is -4.18. The van der Waals surface area contributed by atoms with Gasteiger partial charge >= 0.3 is 12.3 Å². The maximum Gasteiger partial charge on any atom is 0.417 e. The molecular formula is C22H27F3N6O4. The third-order valence-electron chi connectivity index (χ3n) is 5.52. The summed E-state index contributed by atoms with van der Waals surface area (Å²) >= 11 is 0. The minimum atomic E-state index is -4.67. The van der Waals surface area contributed by atoms with Crippen LogP contribution in [-0.4, -0.2) is 77.5 Å². The third kappa shape index (κ3) is 6.02. The second-order valence-corrected chi connectivity index (χ2v) is 8.55. The number of rotatable bonds is 5. The van der Waals surface area contributed by atoms with Crippen LogP contribution in [0.1, 0.15) is 25.8 Å². The van der Waals surface area contributed by atoms with Crippen molar-refractivity contribution in [2.45, 2.75) is 38.7 Å². The number of nitrogen functional groups attached to an aromatic ring is 1. The van der Waals surface area contributed by atoms with Gasteiger partial charge in [-0.15, -0.1) is 0 Å². The van der Waals surface area contributed by atoms with Crippen LogP contribution in [-0.2, 0) is 15.7 Å². The lowest BCUT2D eigenvalue weighted by Crippen LogP contribution is -2.37. The van der Waals surface area contributed by atoms with Gasteiger partial charge in [0, 0.05) is 43.9 Å². The molecule has 190 valence electrons. The number of pyridine rings is 1. The number of nitrogens with zero attached hydrogens (tertiary/aromatic N) is 5. The Labute approximate surface area is 200 Å². The number of nitrogens with two attached hydrogens (primary N) is 1. The minimum absolute atomic E-state index is 0.00499. The van der Waals surface area contributed by atoms with E-state index in [2.05, 4.69) is 15.0 Å². The second kappa shape index (κ2) is 10.1. The number of carbonyl (C=O) groups is 1. The highest BCUT2D eigenvalue weighted by atomic mass is 19.4. The molecule has 2 aromatic heterocycles. The second-order valence-electron chi connectivity index (χ2n) is 8.55. The number of hydrogen-bond acceptors (Lipinski definition) is 9. The van der Waals surface area contributed by atoms with Crippen LogP contribution in [0.3, 0.4) is 0 Å². The maximum atomic E-state index is 13.8. The van der Waals surface area contributed by atoms with Crippen LogP contribution in [0.4, 0.5) is 29.7 Å². The first-order valence-corrected chi connectivity index (χ1v) is 11.3. The predicted octanol–water partition coefficient (Wildman–Crippen LogP) is 2.97. The molecule has 0 spiro atoms. The largest absolute Gasteiger partial charge is 0.472 e. The van der Waals surface area contributed by atoms with Gasteiger partial charge in [0.2, 0.25) is 11.8 Å². The van der Waals surface area contributed by atoms with Crippen LogP contribution < -0.4 is 15.4 Å². The number of ether oxygens (including phenoxy) is 3. The van der Waals surface area contributed by atoms with E-state index in [1.807, 2.05) is 4.90 Å². The summed E-state index contributed by atoms with van der Waals surface area (Å²) in [5.74, 6) is 0.0738. The van der Waals surface area contributed by atoms with Crippen LogP contribution in [0.15, 0.2) is 18.3 Å². The molecule has 0 aliphatic carbocycles. The molecule has 0 unspecified atom stereocenters. The van der Waals surface area contributed by atoms with E-state index in [-0.39, 0.29) is 41.6 Å².